The summed E-state index contributed by atoms with van der Waals surface area (Å²) in [5.74, 6) is 0.285. The van der Waals surface area contributed by atoms with E-state index in [-0.39, 0.29) is 27.4 Å². The number of phenols is 1. The van der Waals surface area contributed by atoms with Crippen molar-refractivity contribution < 1.29 is 14.6 Å². The molecule has 0 aliphatic heterocycles. The third kappa shape index (κ3) is 6.15. The molecule has 0 aliphatic carbocycles. The van der Waals surface area contributed by atoms with E-state index >= 15 is 0 Å². The van der Waals surface area contributed by atoms with Crippen molar-refractivity contribution in [2.24, 2.45) is 0 Å². The van der Waals surface area contributed by atoms with E-state index < -0.39 is 5.97 Å². The Morgan fingerprint density at radius 3 is 1.48 bits per heavy atom. The number of esters is 1. The molecule has 0 aromatic heterocycles. The zero-order valence-electron chi connectivity index (χ0n) is 22.5. The minimum absolute atomic E-state index is 0.0554. The van der Waals surface area contributed by atoms with Crippen LogP contribution in [0.4, 0.5) is 0 Å². The Hall–Kier alpha value is -1.94. The molecule has 0 fully saturated rings. The molecule has 0 amide bonds. The summed E-state index contributed by atoms with van der Waals surface area (Å²) < 4.78 is 6.03. The number of carbonyl (C=O) groups is 1. The van der Waals surface area contributed by atoms with Gasteiger partial charge in [-0.05, 0) is 45.4 Å². The van der Waals surface area contributed by atoms with Gasteiger partial charge in [0.25, 0.3) is 0 Å². The van der Waals surface area contributed by atoms with Gasteiger partial charge in [-0.2, -0.15) is 0 Å². The second-order valence-corrected chi connectivity index (χ2v) is 13.7. The number of hydrogen-bond donors (Lipinski definition) is 2. The first-order valence-corrected chi connectivity index (χ1v) is 12.1. The largest absolute Gasteiger partial charge is 0.507 e. The van der Waals surface area contributed by atoms with Crippen molar-refractivity contribution in [2.45, 2.75) is 110 Å². The molecule has 0 atom stereocenters. The van der Waals surface area contributed by atoms with E-state index in [1.54, 1.807) is 12.1 Å². The van der Waals surface area contributed by atoms with Gasteiger partial charge in [-0.3, -0.25) is 0 Å². The third-order valence-electron chi connectivity index (χ3n) is 5.90. The number of thiol groups is 1. The minimum Gasteiger partial charge on any atom is -0.507 e. The molecule has 0 heterocycles. The highest BCUT2D eigenvalue weighted by molar-refractivity contribution is 7.80. The lowest BCUT2D eigenvalue weighted by molar-refractivity contribution is 0.0727. The molecule has 0 radical (unpaired) electrons. The highest BCUT2D eigenvalue weighted by Crippen LogP contribution is 2.42. The maximum atomic E-state index is 13.5. The molecule has 182 valence electrons. The van der Waals surface area contributed by atoms with Crippen LogP contribution in [-0.2, 0) is 21.7 Å². The normalized spacial score (nSPS) is 13.2. The van der Waals surface area contributed by atoms with Gasteiger partial charge in [-0.25, -0.2) is 4.79 Å². The van der Waals surface area contributed by atoms with Gasteiger partial charge < -0.3 is 9.84 Å². The molecular weight excluding hydrogens is 428 g/mol. The summed E-state index contributed by atoms with van der Waals surface area (Å²) in [7, 11) is 0. The fraction of sp³-hybridized carbons (Fsp3) is 0.552. The van der Waals surface area contributed by atoms with Crippen molar-refractivity contribution in [2.75, 3.05) is 0 Å². The summed E-state index contributed by atoms with van der Waals surface area (Å²) in [6, 6.07) is 7.62. The molecule has 0 saturated carbocycles. The molecule has 3 nitrogen and oxygen atoms in total. The van der Waals surface area contributed by atoms with Crippen LogP contribution in [0.3, 0.4) is 0 Å². The van der Waals surface area contributed by atoms with Crippen LogP contribution in [0, 0.1) is 0 Å². The van der Waals surface area contributed by atoms with Crippen molar-refractivity contribution in [1.29, 1.82) is 0 Å². The van der Waals surface area contributed by atoms with Crippen molar-refractivity contribution in [3.05, 3.63) is 52.1 Å². The molecule has 0 spiro atoms. The van der Waals surface area contributed by atoms with Crippen LogP contribution < -0.4 is 4.74 Å². The minimum atomic E-state index is -0.449. The van der Waals surface area contributed by atoms with Gasteiger partial charge in [0.1, 0.15) is 11.5 Å². The van der Waals surface area contributed by atoms with Gasteiger partial charge >= 0.3 is 5.97 Å². The lowest BCUT2D eigenvalue weighted by Crippen LogP contribution is -2.22. The number of benzene rings is 2. The zero-order chi connectivity index (χ0) is 25.7. The van der Waals surface area contributed by atoms with Gasteiger partial charge in [0.05, 0.1) is 5.56 Å². The first-order chi connectivity index (χ1) is 14.6. The molecule has 33 heavy (non-hydrogen) atoms. The van der Waals surface area contributed by atoms with E-state index in [0.717, 1.165) is 22.3 Å². The van der Waals surface area contributed by atoms with Crippen LogP contribution in [0.1, 0.15) is 116 Å². The molecule has 0 unspecified atom stereocenters. The number of carbonyl (C=O) groups excluding carboxylic acids is 1. The second-order valence-electron chi connectivity index (χ2n) is 13.2. The van der Waals surface area contributed by atoms with Crippen LogP contribution in [0.25, 0.3) is 0 Å². The standard InChI is InChI=1S/C29H42O3S/c1-26(2,3)18-15-21(29(10,11)12)24(22(33)16-18)32-25(31)17-13-19(27(4,5)6)23(30)20(14-17)28(7,8)9/h13-16,30,33H,1-12H3. The summed E-state index contributed by atoms with van der Waals surface area (Å²) >= 11 is 4.72. The van der Waals surface area contributed by atoms with E-state index in [0.29, 0.717) is 16.2 Å². The predicted molar refractivity (Wildman–Crippen MR) is 142 cm³/mol. The number of phenolic OH excluding ortho intramolecular Hbond substituents is 1. The first kappa shape index (κ1) is 27.3. The van der Waals surface area contributed by atoms with Crippen LogP contribution in [0.15, 0.2) is 29.2 Å². The quantitative estimate of drug-likeness (QED) is 0.265. The fourth-order valence-electron chi connectivity index (χ4n) is 3.76. The van der Waals surface area contributed by atoms with Gasteiger partial charge in [0, 0.05) is 21.6 Å². The van der Waals surface area contributed by atoms with Crippen molar-refractivity contribution in [1.82, 2.24) is 0 Å². The molecule has 2 aromatic rings. The fourth-order valence-corrected chi connectivity index (χ4v) is 4.06. The first-order valence-electron chi connectivity index (χ1n) is 11.6. The highest BCUT2D eigenvalue weighted by Gasteiger charge is 2.30. The average molecular weight is 471 g/mol. The smallest absolute Gasteiger partial charge is 0.343 e. The maximum Gasteiger partial charge on any atom is 0.343 e. The molecular formula is C29H42O3S. The van der Waals surface area contributed by atoms with Crippen LogP contribution >= 0.6 is 12.6 Å². The number of hydrogen-bond acceptors (Lipinski definition) is 4. The predicted octanol–water partition coefficient (Wildman–Crippen LogP) is 8.09. The molecule has 2 rings (SSSR count). The van der Waals surface area contributed by atoms with E-state index in [1.807, 2.05) is 47.6 Å². The monoisotopic (exact) mass is 470 g/mol. The Labute approximate surface area is 206 Å². The van der Waals surface area contributed by atoms with E-state index in [4.69, 9.17) is 17.4 Å². The average Bonchev–Trinajstić information content (AvgIpc) is 2.59. The van der Waals surface area contributed by atoms with Crippen molar-refractivity contribution >= 4 is 18.6 Å². The van der Waals surface area contributed by atoms with Crippen molar-refractivity contribution in [3.8, 4) is 11.5 Å². The lowest BCUT2D eigenvalue weighted by Gasteiger charge is -2.29. The van der Waals surface area contributed by atoms with Gasteiger partial charge in [0.2, 0.25) is 0 Å². The molecule has 4 heteroatoms. The second kappa shape index (κ2) is 8.69. The molecule has 0 bridgehead atoms. The summed E-state index contributed by atoms with van der Waals surface area (Å²) in [6.07, 6.45) is 0. The number of rotatable bonds is 2. The molecule has 0 aliphatic rings. The Balaban J connectivity index is 2.68. The summed E-state index contributed by atoms with van der Waals surface area (Å²) in [5.41, 5.74) is 3.01. The Bertz CT molecular complexity index is 1020. The third-order valence-corrected chi connectivity index (χ3v) is 6.23. The summed E-state index contributed by atoms with van der Waals surface area (Å²) in [6.45, 7) is 25.0. The van der Waals surface area contributed by atoms with Gasteiger partial charge in [0.15, 0.2) is 0 Å². The van der Waals surface area contributed by atoms with Gasteiger partial charge in [-0.15, -0.1) is 12.6 Å². The van der Waals surface area contributed by atoms with Crippen molar-refractivity contribution in [3.63, 3.8) is 0 Å². The van der Waals surface area contributed by atoms with E-state index in [1.165, 1.54) is 0 Å². The SMILES string of the molecule is CC(C)(C)c1cc(S)c(OC(=O)c2cc(C(C)(C)C)c(O)c(C(C)(C)C)c2)c(C(C)(C)C)c1. The Morgan fingerprint density at radius 2 is 1.12 bits per heavy atom. The Morgan fingerprint density at radius 1 is 0.697 bits per heavy atom. The Kier molecular flexibility index (Phi) is 7.19. The highest BCUT2D eigenvalue weighted by atomic mass is 32.1. The topological polar surface area (TPSA) is 46.5 Å². The zero-order valence-corrected chi connectivity index (χ0v) is 23.4. The van der Waals surface area contributed by atoms with E-state index in [9.17, 15) is 9.90 Å². The molecule has 2 aromatic carbocycles. The van der Waals surface area contributed by atoms with Crippen LogP contribution in [0.2, 0.25) is 0 Å². The molecule has 0 saturated heterocycles. The van der Waals surface area contributed by atoms with Gasteiger partial charge in [-0.1, -0.05) is 89.2 Å². The summed E-state index contributed by atoms with van der Waals surface area (Å²) in [4.78, 5) is 14.1. The van der Waals surface area contributed by atoms with E-state index in [2.05, 4.69) is 47.6 Å². The number of aromatic hydroxyl groups is 1. The maximum absolute atomic E-state index is 13.5. The number of ether oxygens (including phenoxy) is 1. The summed E-state index contributed by atoms with van der Waals surface area (Å²) in [5, 5.41) is 11.0. The van der Waals surface area contributed by atoms with Crippen LogP contribution in [0.5, 0.6) is 11.5 Å². The lowest BCUT2D eigenvalue weighted by atomic mass is 9.78. The van der Waals surface area contributed by atoms with Crippen LogP contribution in [-0.4, -0.2) is 11.1 Å². The molecule has 1 N–H and O–H groups in total.